The van der Waals surface area contributed by atoms with Gasteiger partial charge in [0.15, 0.2) is 0 Å². The molecule has 2 unspecified atom stereocenters. The quantitative estimate of drug-likeness (QED) is 0.440. The molecule has 1 saturated heterocycles. The molecule has 26 heavy (non-hydrogen) atoms. The highest BCUT2D eigenvalue weighted by molar-refractivity contribution is 7.99. The van der Waals surface area contributed by atoms with Gasteiger partial charge in [-0.1, -0.05) is 13.8 Å². The molecule has 1 aromatic rings. The van der Waals surface area contributed by atoms with Gasteiger partial charge >= 0.3 is 5.97 Å². The zero-order valence-electron chi connectivity index (χ0n) is 15.2. The number of amides is 1. The van der Waals surface area contributed by atoms with Gasteiger partial charge in [0.05, 0.1) is 15.7 Å². The molecule has 0 spiro atoms. The molecule has 0 aliphatic carbocycles. The second-order valence-corrected chi connectivity index (χ2v) is 8.08. The van der Waals surface area contributed by atoms with E-state index >= 15 is 0 Å². The normalized spacial score (nSPS) is 19.8. The minimum absolute atomic E-state index is 0.0776. The Bertz CT molecular complexity index is 707. The minimum atomic E-state index is -0.921. The van der Waals surface area contributed by atoms with Gasteiger partial charge in [0.2, 0.25) is 0 Å². The number of carbonyl (C=O) groups excluding carboxylic acids is 1. The summed E-state index contributed by atoms with van der Waals surface area (Å²) in [4.78, 5) is 36.9. The largest absolute Gasteiger partial charge is 0.481 e. The molecule has 7 nitrogen and oxygen atoms in total. The Morgan fingerprint density at radius 1 is 1.42 bits per heavy atom. The van der Waals surface area contributed by atoms with Crippen molar-refractivity contribution in [3.05, 3.63) is 33.9 Å². The molecule has 2 rings (SSSR count). The van der Waals surface area contributed by atoms with Crippen LogP contribution in [0.5, 0.6) is 0 Å². The van der Waals surface area contributed by atoms with Gasteiger partial charge in [0.25, 0.3) is 11.6 Å². The van der Waals surface area contributed by atoms with Crippen LogP contribution in [0.15, 0.2) is 23.1 Å². The molecule has 1 N–H and O–H groups in total. The van der Waals surface area contributed by atoms with E-state index in [1.54, 1.807) is 19.1 Å². The Kier molecular flexibility index (Phi) is 6.63. The standard InChI is InChI=1S/C18H24N2O5S/c1-11(2)7-9-26-16-5-4-13(10-15(16)20(24)25)17(21)19-8-6-14(12(19)3)18(22)23/h4-5,10-12,14H,6-9H2,1-3H3,(H,22,23). The Morgan fingerprint density at radius 2 is 2.12 bits per heavy atom. The van der Waals surface area contributed by atoms with E-state index < -0.39 is 22.9 Å². The maximum Gasteiger partial charge on any atom is 0.308 e. The maximum absolute atomic E-state index is 12.7. The van der Waals surface area contributed by atoms with Crippen LogP contribution >= 0.6 is 11.8 Å². The van der Waals surface area contributed by atoms with Crippen molar-refractivity contribution in [2.24, 2.45) is 11.8 Å². The molecule has 1 fully saturated rings. The summed E-state index contributed by atoms with van der Waals surface area (Å²) in [5.41, 5.74) is 0.147. The first-order valence-corrected chi connectivity index (χ1v) is 9.66. The molecular formula is C18H24N2O5S. The molecule has 1 aromatic carbocycles. The van der Waals surface area contributed by atoms with Gasteiger partial charge < -0.3 is 10.0 Å². The molecule has 0 radical (unpaired) electrons. The van der Waals surface area contributed by atoms with Gasteiger partial charge in [-0.2, -0.15) is 0 Å². The number of benzene rings is 1. The van der Waals surface area contributed by atoms with Gasteiger partial charge in [0.1, 0.15) is 0 Å². The summed E-state index contributed by atoms with van der Waals surface area (Å²) in [6, 6.07) is 4.08. The van der Waals surface area contributed by atoms with Crippen molar-refractivity contribution in [2.45, 2.75) is 44.6 Å². The minimum Gasteiger partial charge on any atom is -0.481 e. The lowest BCUT2D eigenvalue weighted by atomic mass is 10.0. The Labute approximate surface area is 156 Å². The number of thioether (sulfide) groups is 1. The Balaban J connectivity index is 2.19. The molecule has 1 aliphatic heterocycles. The number of hydrogen-bond acceptors (Lipinski definition) is 5. The first-order chi connectivity index (χ1) is 12.2. The topological polar surface area (TPSA) is 101 Å². The van der Waals surface area contributed by atoms with Crippen molar-refractivity contribution in [1.29, 1.82) is 0 Å². The van der Waals surface area contributed by atoms with Crippen molar-refractivity contribution in [2.75, 3.05) is 12.3 Å². The molecule has 0 saturated carbocycles. The maximum atomic E-state index is 12.7. The van der Waals surface area contributed by atoms with Gasteiger partial charge in [-0.15, -0.1) is 11.8 Å². The van der Waals surface area contributed by atoms with Crippen molar-refractivity contribution in [3.8, 4) is 0 Å². The molecule has 1 heterocycles. The fourth-order valence-electron chi connectivity index (χ4n) is 3.04. The zero-order chi connectivity index (χ0) is 19.4. The van der Waals surface area contributed by atoms with Crippen molar-refractivity contribution < 1.29 is 19.6 Å². The summed E-state index contributed by atoms with van der Waals surface area (Å²) in [6.07, 6.45) is 1.35. The van der Waals surface area contributed by atoms with E-state index in [1.807, 2.05) is 0 Å². The van der Waals surface area contributed by atoms with Gasteiger partial charge in [0, 0.05) is 24.2 Å². The second-order valence-electron chi connectivity index (χ2n) is 6.94. The van der Waals surface area contributed by atoms with Gasteiger partial charge in [-0.3, -0.25) is 19.7 Å². The van der Waals surface area contributed by atoms with E-state index in [2.05, 4.69) is 13.8 Å². The summed E-state index contributed by atoms with van der Waals surface area (Å²) in [5.74, 6) is -0.588. The summed E-state index contributed by atoms with van der Waals surface area (Å²) < 4.78 is 0. The Morgan fingerprint density at radius 3 is 2.65 bits per heavy atom. The van der Waals surface area contributed by atoms with Crippen LogP contribution in [0.4, 0.5) is 5.69 Å². The van der Waals surface area contributed by atoms with Crippen molar-refractivity contribution in [3.63, 3.8) is 0 Å². The third kappa shape index (κ3) is 4.55. The molecule has 1 amide bonds. The van der Waals surface area contributed by atoms with E-state index in [9.17, 15) is 24.8 Å². The van der Waals surface area contributed by atoms with E-state index in [0.717, 1.165) is 12.2 Å². The predicted octanol–water partition coefficient (Wildman–Crippen LogP) is 3.67. The number of rotatable bonds is 7. The summed E-state index contributed by atoms with van der Waals surface area (Å²) in [5, 5.41) is 20.6. The monoisotopic (exact) mass is 380 g/mol. The van der Waals surface area contributed by atoms with Crippen LogP contribution < -0.4 is 0 Å². The highest BCUT2D eigenvalue weighted by Gasteiger charge is 2.38. The molecule has 142 valence electrons. The number of nitro benzene ring substituents is 1. The number of hydrogen-bond donors (Lipinski definition) is 1. The van der Waals surface area contributed by atoms with Crippen LogP contribution in [0.25, 0.3) is 0 Å². The van der Waals surface area contributed by atoms with Gasteiger partial charge in [-0.25, -0.2) is 0 Å². The second kappa shape index (κ2) is 8.53. The fraction of sp³-hybridized carbons (Fsp3) is 0.556. The number of likely N-dealkylation sites (tertiary alicyclic amines) is 1. The summed E-state index contributed by atoms with van der Waals surface area (Å²) >= 11 is 1.42. The summed E-state index contributed by atoms with van der Waals surface area (Å²) in [6.45, 7) is 6.24. The number of nitro groups is 1. The lowest BCUT2D eigenvalue weighted by Gasteiger charge is -2.23. The fourth-order valence-corrected chi connectivity index (χ4v) is 4.30. The van der Waals surface area contributed by atoms with Gasteiger partial charge in [-0.05, 0) is 43.6 Å². The van der Waals surface area contributed by atoms with Crippen LogP contribution in [0.1, 0.15) is 44.0 Å². The van der Waals surface area contributed by atoms with E-state index in [4.69, 9.17) is 0 Å². The van der Waals surface area contributed by atoms with Crippen LogP contribution in [0, 0.1) is 22.0 Å². The van der Waals surface area contributed by atoms with Crippen molar-refractivity contribution >= 4 is 29.3 Å². The number of nitrogens with zero attached hydrogens (tertiary/aromatic N) is 2. The molecule has 0 bridgehead atoms. The van der Waals surface area contributed by atoms with E-state index in [1.165, 1.54) is 22.7 Å². The van der Waals surface area contributed by atoms with Crippen LogP contribution in [-0.4, -0.2) is 45.1 Å². The molecule has 8 heteroatoms. The average Bonchev–Trinajstić information content (AvgIpc) is 2.95. The zero-order valence-corrected chi connectivity index (χ0v) is 16.0. The number of carboxylic acids is 1. The number of carboxylic acid groups (broad SMARTS) is 1. The SMILES string of the molecule is CC(C)CCSc1ccc(C(=O)N2CCC(C(=O)O)C2C)cc1[N+](=O)[O-]. The summed E-state index contributed by atoms with van der Waals surface area (Å²) in [7, 11) is 0. The molecule has 0 aromatic heterocycles. The number of carbonyl (C=O) groups is 2. The number of aliphatic carboxylic acids is 1. The molecule has 1 aliphatic rings. The lowest BCUT2D eigenvalue weighted by molar-refractivity contribution is -0.387. The van der Waals surface area contributed by atoms with Crippen LogP contribution in [-0.2, 0) is 4.79 Å². The highest BCUT2D eigenvalue weighted by atomic mass is 32.2. The third-order valence-corrected chi connectivity index (χ3v) is 5.78. The molecular weight excluding hydrogens is 356 g/mol. The van der Waals surface area contributed by atoms with Crippen molar-refractivity contribution in [1.82, 2.24) is 4.90 Å². The first-order valence-electron chi connectivity index (χ1n) is 8.67. The lowest BCUT2D eigenvalue weighted by Crippen LogP contribution is -2.37. The first kappa shape index (κ1) is 20.2. The molecule has 2 atom stereocenters. The average molecular weight is 380 g/mol. The predicted molar refractivity (Wildman–Crippen MR) is 99.5 cm³/mol. The smallest absolute Gasteiger partial charge is 0.308 e. The van der Waals surface area contributed by atoms with Crippen LogP contribution in [0.2, 0.25) is 0 Å². The van der Waals surface area contributed by atoms with E-state index in [-0.39, 0.29) is 17.2 Å². The third-order valence-electron chi connectivity index (χ3n) is 4.69. The Hall–Kier alpha value is -2.09. The van der Waals surface area contributed by atoms with E-state index in [0.29, 0.717) is 23.8 Å². The highest BCUT2D eigenvalue weighted by Crippen LogP contribution is 2.33. The van der Waals surface area contributed by atoms with Crippen LogP contribution in [0.3, 0.4) is 0 Å².